The minimum Gasteiger partial charge on any atom is -0.389 e. The Morgan fingerprint density at radius 3 is 2.65 bits per heavy atom. The van der Waals surface area contributed by atoms with E-state index in [1.54, 1.807) is 6.92 Å². The molecule has 0 bridgehead atoms. The summed E-state index contributed by atoms with van der Waals surface area (Å²) in [4.78, 5) is 4.57. The Morgan fingerprint density at radius 2 is 2.10 bits per heavy atom. The number of sulfonamides is 1. The minimum absolute atomic E-state index is 0.0354. The van der Waals surface area contributed by atoms with E-state index in [1.165, 1.54) is 0 Å². The molecule has 0 aliphatic carbocycles. The first-order valence-electron chi connectivity index (χ1n) is 6.26. The van der Waals surface area contributed by atoms with E-state index in [0.717, 1.165) is 11.3 Å². The quantitative estimate of drug-likeness (QED) is 0.640. The van der Waals surface area contributed by atoms with Crippen LogP contribution in [0.25, 0.3) is 0 Å². The van der Waals surface area contributed by atoms with Crippen LogP contribution in [0.3, 0.4) is 0 Å². The molecule has 8 heteroatoms. The summed E-state index contributed by atoms with van der Waals surface area (Å²) in [6.45, 7) is 6.10. The van der Waals surface area contributed by atoms with E-state index in [4.69, 9.17) is 18.0 Å². The van der Waals surface area contributed by atoms with Gasteiger partial charge in [-0.3, -0.25) is 0 Å². The molecule has 0 spiro atoms. The van der Waals surface area contributed by atoms with Crippen LogP contribution < -0.4 is 15.8 Å². The van der Waals surface area contributed by atoms with Gasteiger partial charge in [0.15, 0.2) is 0 Å². The Bertz CT molecular complexity index is 600. The molecule has 0 aromatic carbocycles. The Hall–Kier alpha value is -1.25. The lowest BCUT2D eigenvalue weighted by Gasteiger charge is -2.13. The van der Waals surface area contributed by atoms with Gasteiger partial charge in [-0.2, -0.15) is 0 Å². The van der Waals surface area contributed by atoms with Crippen LogP contribution in [-0.2, 0) is 10.0 Å². The number of nitrogens with two attached hydrogens (primary N) is 1. The second-order valence-electron chi connectivity index (χ2n) is 4.41. The van der Waals surface area contributed by atoms with Gasteiger partial charge in [0, 0.05) is 18.8 Å². The zero-order valence-electron chi connectivity index (χ0n) is 11.9. The van der Waals surface area contributed by atoms with Gasteiger partial charge in [0.05, 0.1) is 11.3 Å². The number of pyridine rings is 1. The highest BCUT2D eigenvalue weighted by molar-refractivity contribution is 7.89. The largest absolute Gasteiger partial charge is 0.389 e. The summed E-state index contributed by atoms with van der Waals surface area (Å²) in [5, 5.41) is 2.99. The third kappa shape index (κ3) is 4.69. The molecular weight excluding hydrogens is 296 g/mol. The van der Waals surface area contributed by atoms with Crippen LogP contribution in [0.4, 0.5) is 5.82 Å². The van der Waals surface area contributed by atoms with Gasteiger partial charge in [-0.25, -0.2) is 18.1 Å². The van der Waals surface area contributed by atoms with Crippen LogP contribution in [0.1, 0.15) is 23.7 Å². The molecule has 0 unspecified atom stereocenters. The monoisotopic (exact) mass is 316 g/mol. The lowest BCUT2D eigenvalue weighted by Crippen LogP contribution is -2.29. The number of anilines is 1. The van der Waals surface area contributed by atoms with Gasteiger partial charge >= 0.3 is 0 Å². The molecule has 0 amide bonds. The molecule has 0 aliphatic heterocycles. The number of thiocarbonyl (C=S) groups is 1. The fraction of sp³-hybridized carbons (Fsp3) is 0.500. The van der Waals surface area contributed by atoms with Gasteiger partial charge < -0.3 is 11.1 Å². The molecule has 0 fully saturated rings. The number of rotatable bonds is 7. The summed E-state index contributed by atoms with van der Waals surface area (Å²) < 4.78 is 25.5. The predicted molar refractivity (Wildman–Crippen MR) is 85.6 cm³/mol. The zero-order chi connectivity index (χ0) is 15.3. The maximum atomic E-state index is 11.6. The zero-order valence-corrected chi connectivity index (χ0v) is 13.5. The standard InChI is InChI=1S/C12H20N4O2S2/c1-4-15-20(17,18)6-5-14-12-10(11(13)19)8(2)7-9(3)16-12/h7,15H,4-6H2,1-3H3,(H2,13,19)(H,14,16). The van der Waals surface area contributed by atoms with Crippen LogP contribution in [0, 0.1) is 13.8 Å². The van der Waals surface area contributed by atoms with Crippen molar-refractivity contribution >= 4 is 33.0 Å². The van der Waals surface area contributed by atoms with Crippen molar-refractivity contribution in [3.63, 3.8) is 0 Å². The molecule has 112 valence electrons. The smallest absolute Gasteiger partial charge is 0.213 e. The lowest BCUT2D eigenvalue weighted by atomic mass is 10.1. The fourth-order valence-corrected chi connectivity index (χ4v) is 3.08. The Kier molecular flexibility index (Phi) is 5.85. The average molecular weight is 316 g/mol. The third-order valence-electron chi connectivity index (χ3n) is 2.62. The summed E-state index contributed by atoms with van der Waals surface area (Å²) in [5.74, 6) is 0.494. The predicted octanol–water partition coefficient (Wildman–Crippen LogP) is 0.684. The Balaban J connectivity index is 2.85. The molecule has 0 atom stereocenters. The molecule has 0 radical (unpaired) electrons. The lowest BCUT2D eigenvalue weighted by molar-refractivity contribution is 0.584. The van der Waals surface area contributed by atoms with Gasteiger partial charge in [-0.15, -0.1) is 0 Å². The number of aromatic nitrogens is 1. The SMILES string of the molecule is CCNS(=O)(=O)CCNc1nc(C)cc(C)c1C(N)=S. The first-order valence-corrected chi connectivity index (χ1v) is 8.32. The minimum atomic E-state index is -3.26. The van der Waals surface area contributed by atoms with Crippen LogP contribution >= 0.6 is 12.2 Å². The molecular formula is C12H20N4O2S2. The van der Waals surface area contributed by atoms with Gasteiger partial charge in [0.25, 0.3) is 0 Å². The normalized spacial score (nSPS) is 11.3. The molecule has 20 heavy (non-hydrogen) atoms. The number of aryl methyl sites for hydroxylation is 2. The fourth-order valence-electron chi connectivity index (χ4n) is 1.87. The second kappa shape index (κ2) is 6.96. The first kappa shape index (κ1) is 16.8. The summed E-state index contributed by atoms with van der Waals surface area (Å²) in [6.07, 6.45) is 0. The van der Waals surface area contributed by atoms with Crippen molar-refractivity contribution in [3.8, 4) is 0 Å². The maximum absolute atomic E-state index is 11.6. The molecule has 4 N–H and O–H groups in total. The first-order chi connectivity index (χ1) is 9.26. The van der Waals surface area contributed by atoms with Crippen LogP contribution in [0.2, 0.25) is 0 Å². The van der Waals surface area contributed by atoms with Crippen LogP contribution in [0.5, 0.6) is 0 Å². The van der Waals surface area contributed by atoms with Gasteiger partial charge in [-0.05, 0) is 25.5 Å². The summed E-state index contributed by atoms with van der Waals surface area (Å²) >= 11 is 5.01. The molecule has 1 aromatic heterocycles. The number of nitrogens with one attached hydrogen (secondary N) is 2. The summed E-state index contributed by atoms with van der Waals surface area (Å²) in [5.41, 5.74) is 8.09. The van der Waals surface area contributed by atoms with E-state index >= 15 is 0 Å². The maximum Gasteiger partial charge on any atom is 0.213 e. The molecule has 1 heterocycles. The number of hydrogen-bond acceptors (Lipinski definition) is 5. The topological polar surface area (TPSA) is 97.1 Å². The van der Waals surface area contributed by atoms with Crippen molar-refractivity contribution in [2.75, 3.05) is 24.2 Å². The van der Waals surface area contributed by atoms with Gasteiger partial charge in [0.1, 0.15) is 10.8 Å². The van der Waals surface area contributed by atoms with Crippen molar-refractivity contribution in [2.45, 2.75) is 20.8 Å². The van der Waals surface area contributed by atoms with Gasteiger partial charge in [0.2, 0.25) is 10.0 Å². The van der Waals surface area contributed by atoms with Crippen LogP contribution in [0.15, 0.2) is 6.07 Å². The number of hydrogen-bond donors (Lipinski definition) is 3. The van der Waals surface area contributed by atoms with E-state index in [1.807, 2.05) is 19.9 Å². The van der Waals surface area contributed by atoms with E-state index < -0.39 is 10.0 Å². The van der Waals surface area contributed by atoms with E-state index in [0.29, 0.717) is 17.9 Å². The van der Waals surface area contributed by atoms with E-state index in [2.05, 4.69) is 15.0 Å². The van der Waals surface area contributed by atoms with Crippen molar-refractivity contribution in [1.29, 1.82) is 0 Å². The summed E-state index contributed by atoms with van der Waals surface area (Å²) in [6, 6.07) is 1.88. The van der Waals surface area contributed by atoms with Crippen molar-refractivity contribution < 1.29 is 8.42 Å². The molecule has 1 aromatic rings. The molecule has 0 saturated carbocycles. The van der Waals surface area contributed by atoms with Crippen molar-refractivity contribution in [3.05, 3.63) is 22.9 Å². The van der Waals surface area contributed by atoms with Crippen molar-refractivity contribution in [1.82, 2.24) is 9.71 Å². The molecule has 1 rings (SSSR count). The Labute approximate surface area is 125 Å². The van der Waals surface area contributed by atoms with Crippen molar-refractivity contribution in [2.24, 2.45) is 5.73 Å². The highest BCUT2D eigenvalue weighted by Gasteiger charge is 2.13. The van der Waals surface area contributed by atoms with E-state index in [9.17, 15) is 8.42 Å². The molecule has 6 nitrogen and oxygen atoms in total. The van der Waals surface area contributed by atoms with E-state index in [-0.39, 0.29) is 17.3 Å². The third-order valence-corrected chi connectivity index (χ3v) is 4.29. The van der Waals surface area contributed by atoms with Crippen LogP contribution in [-0.4, -0.2) is 37.2 Å². The number of nitrogens with zero attached hydrogens (tertiary/aromatic N) is 1. The molecule has 0 aliphatic rings. The second-order valence-corrected chi connectivity index (χ2v) is 6.78. The molecule has 0 saturated heterocycles. The summed E-state index contributed by atoms with van der Waals surface area (Å²) in [7, 11) is -3.26. The highest BCUT2D eigenvalue weighted by Crippen LogP contribution is 2.18. The average Bonchev–Trinajstić information content (AvgIpc) is 2.26. The highest BCUT2D eigenvalue weighted by atomic mass is 32.2. The van der Waals surface area contributed by atoms with Gasteiger partial charge in [-0.1, -0.05) is 19.1 Å². The Morgan fingerprint density at radius 1 is 1.45 bits per heavy atom.